The average molecular weight is 443 g/mol. The van der Waals surface area contributed by atoms with E-state index in [9.17, 15) is 0 Å². The van der Waals surface area contributed by atoms with Gasteiger partial charge in [-0.15, -0.1) is 0 Å². The van der Waals surface area contributed by atoms with Crippen LogP contribution in [0.3, 0.4) is 0 Å². The van der Waals surface area contributed by atoms with E-state index in [-0.39, 0.29) is 6.10 Å². The second-order valence-electron chi connectivity index (χ2n) is 9.56. The summed E-state index contributed by atoms with van der Waals surface area (Å²) in [5.74, 6) is 7.01. The van der Waals surface area contributed by atoms with E-state index in [1.165, 1.54) is 17.7 Å². The summed E-state index contributed by atoms with van der Waals surface area (Å²) < 4.78 is 6.01. The first-order valence-corrected chi connectivity index (χ1v) is 12.4. The van der Waals surface area contributed by atoms with Crippen LogP contribution >= 0.6 is 0 Å². The molecule has 1 atom stereocenters. The van der Waals surface area contributed by atoms with Crippen LogP contribution in [-0.2, 0) is 11.3 Å². The van der Waals surface area contributed by atoms with Crippen molar-refractivity contribution in [3.8, 4) is 11.8 Å². The van der Waals surface area contributed by atoms with Gasteiger partial charge in [0.2, 0.25) is 0 Å². The molecule has 180 valence electrons. The Bertz CT molecular complexity index is 686. The third-order valence-corrected chi connectivity index (χ3v) is 5.69. The van der Waals surface area contributed by atoms with Crippen LogP contribution in [-0.4, -0.2) is 93.9 Å². The van der Waals surface area contributed by atoms with Crippen LogP contribution in [0.1, 0.15) is 39.7 Å². The van der Waals surface area contributed by atoms with E-state index in [4.69, 9.17) is 4.74 Å². The molecule has 0 bridgehead atoms. The predicted octanol–water partition coefficient (Wildman–Crippen LogP) is 3.65. The quantitative estimate of drug-likeness (QED) is 0.626. The largest absolute Gasteiger partial charge is 0.374 e. The first kappa shape index (κ1) is 26.7. The lowest BCUT2D eigenvalue weighted by atomic mass is 10.1. The molecule has 0 amide bonds. The number of rotatable bonds is 6. The van der Waals surface area contributed by atoms with Gasteiger partial charge < -0.3 is 14.5 Å². The lowest BCUT2D eigenvalue weighted by molar-refractivity contribution is -0.0372. The molecule has 2 saturated heterocycles. The van der Waals surface area contributed by atoms with Crippen LogP contribution in [0.25, 0.3) is 0 Å². The minimum atomic E-state index is 0.263. The fourth-order valence-electron chi connectivity index (χ4n) is 4.00. The number of morpholine rings is 1. The van der Waals surface area contributed by atoms with Crippen molar-refractivity contribution in [1.29, 1.82) is 0 Å². The maximum atomic E-state index is 6.01. The van der Waals surface area contributed by atoms with Gasteiger partial charge in [0.25, 0.3) is 0 Å². The van der Waals surface area contributed by atoms with E-state index in [1.807, 2.05) is 0 Å². The summed E-state index contributed by atoms with van der Waals surface area (Å²) in [6, 6.07) is 9.11. The first-order valence-electron chi connectivity index (χ1n) is 12.4. The summed E-state index contributed by atoms with van der Waals surface area (Å²) in [7, 11) is 4.39. The van der Waals surface area contributed by atoms with E-state index >= 15 is 0 Å². The molecule has 2 fully saturated rings. The number of piperazine rings is 1. The first-order chi connectivity index (χ1) is 15.4. The number of benzene rings is 1. The van der Waals surface area contributed by atoms with Crippen molar-refractivity contribution < 1.29 is 4.74 Å². The fourth-order valence-corrected chi connectivity index (χ4v) is 4.00. The van der Waals surface area contributed by atoms with Crippen molar-refractivity contribution in [2.45, 2.75) is 46.8 Å². The van der Waals surface area contributed by atoms with E-state index in [0.717, 1.165) is 65.5 Å². The minimum Gasteiger partial charge on any atom is -0.374 e. The summed E-state index contributed by atoms with van der Waals surface area (Å²) >= 11 is 0. The highest BCUT2D eigenvalue weighted by molar-refractivity contribution is 5.48. The molecule has 5 heteroatoms. The zero-order valence-electron chi connectivity index (χ0n) is 21.4. The second kappa shape index (κ2) is 14.5. The molecule has 2 aliphatic heterocycles. The smallest absolute Gasteiger partial charge is 0.0829 e. The van der Waals surface area contributed by atoms with Crippen LogP contribution in [0.5, 0.6) is 0 Å². The van der Waals surface area contributed by atoms with Crippen molar-refractivity contribution in [2.24, 2.45) is 5.92 Å². The highest BCUT2D eigenvalue weighted by Crippen LogP contribution is 2.18. The van der Waals surface area contributed by atoms with Gasteiger partial charge >= 0.3 is 0 Å². The summed E-state index contributed by atoms with van der Waals surface area (Å²) in [6.45, 7) is 18.6. The molecule has 0 spiro atoms. The molecule has 2 heterocycles. The maximum Gasteiger partial charge on any atom is 0.0829 e. The van der Waals surface area contributed by atoms with Crippen LogP contribution < -0.4 is 4.90 Å². The van der Waals surface area contributed by atoms with Gasteiger partial charge in [0.15, 0.2) is 0 Å². The van der Waals surface area contributed by atoms with Crippen LogP contribution in [0.2, 0.25) is 0 Å². The molecule has 0 saturated carbocycles. The number of nitrogens with zero attached hydrogens (tertiary/aromatic N) is 4. The van der Waals surface area contributed by atoms with E-state index < -0.39 is 0 Å². The van der Waals surface area contributed by atoms with E-state index in [1.54, 1.807) is 0 Å². The molecule has 0 aromatic heterocycles. The van der Waals surface area contributed by atoms with Crippen LogP contribution in [0.15, 0.2) is 24.3 Å². The lowest BCUT2D eigenvalue weighted by Crippen LogP contribution is -2.46. The molecule has 1 aromatic carbocycles. The normalized spacial score (nSPS) is 20.0. The Morgan fingerprint density at radius 1 is 1.06 bits per heavy atom. The predicted molar refractivity (Wildman–Crippen MR) is 137 cm³/mol. The lowest BCUT2D eigenvalue weighted by Gasteiger charge is -2.34. The molecule has 32 heavy (non-hydrogen) atoms. The third-order valence-electron chi connectivity index (χ3n) is 5.69. The topological polar surface area (TPSA) is 22.2 Å². The van der Waals surface area contributed by atoms with Gasteiger partial charge in [-0.05, 0) is 31.8 Å². The Balaban J connectivity index is 0.00000114. The van der Waals surface area contributed by atoms with Gasteiger partial charge in [-0.25, -0.2) is 0 Å². The summed E-state index contributed by atoms with van der Waals surface area (Å²) in [4.78, 5) is 9.67. The molecule has 0 radical (unpaired) electrons. The summed E-state index contributed by atoms with van der Waals surface area (Å²) in [5.41, 5.74) is 2.71. The maximum absolute atomic E-state index is 6.01. The van der Waals surface area contributed by atoms with Gasteiger partial charge in [-0.2, -0.15) is 0 Å². The number of anilines is 1. The zero-order chi connectivity index (χ0) is 23.3. The molecular formula is C27H46N4O. The Kier molecular flexibility index (Phi) is 12.1. The molecule has 2 aliphatic rings. The number of hydrogen-bond donors (Lipinski definition) is 0. The Hall–Kier alpha value is -1.58. The highest BCUT2D eigenvalue weighted by atomic mass is 16.5. The number of likely N-dealkylation sites (N-methyl/N-ethyl adjacent to an activating group) is 2. The average Bonchev–Trinajstić information content (AvgIpc) is 2.75. The molecule has 0 unspecified atom stereocenters. The standard InChI is InChI=1S/C24H38N4O.C3H8/c1-21(2)6-5-11-27-16-17-29-24(20-27)19-26(4)18-22-7-9-23(10-8-22)28-14-12-25(3)13-15-28;1-3-2/h7-10,21,24H,11-20H2,1-4H3;3H2,1-2H3/t24-;/m1./s1. The summed E-state index contributed by atoms with van der Waals surface area (Å²) in [5, 5.41) is 0. The van der Waals surface area contributed by atoms with Gasteiger partial charge in [-0.1, -0.05) is 58.1 Å². The van der Waals surface area contributed by atoms with E-state index in [2.05, 4.69) is 97.5 Å². The van der Waals surface area contributed by atoms with E-state index in [0.29, 0.717) is 5.92 Å². The van der Waals surface area contributed by atoms with Crippen molar-refractivity contribution in [3.05, 3.63) is 29.8 Å². The van der Waals surface area contributed by atoms with Crippen molar-refractivity contribution in [2.75, 3.05) is 78.0 Å². The second-order valence-corrected chi connectivity index (χ2v) is 9.56. The minimum absolute atomic E-state index is 0.263. The Labute approximate surface area is 197 Å². The third kappa shape index (κ3) is 9.92. The van der Waals surface area contributed by atoms with Gasteiger partial charge in [0.1, 0.15) is 0 Å². The monoisotopic (exact) mass is 442 g/mol. The van der Waals surface area contributed by atoms with Gasteiger partial charge in [0, 0.05) is 64.0 Å². The van der Waals surface area contributed by atoms with Gasteiger partial charge in [0.05, 0.1) is 19.3 Å². The Morgan fingerprint density at radius 2 is 1.72 bits per heavy atom. The molecular weight excluding hydrogens is 396 g/mol. The number of hydrogen-bond acceptors (Lipinski definition) is 5. The van der Waals surface area contributed by atoms with Crippen molar-refractivity contribution in [1.82, 2.24) is 14.7 Å². The van der Waals surface area contributed by atoms with Gasteiger partial charge in [-0.3, -0.25) is 9.80 Å². The SMILES string of the molecule is CC(C)C#CCN1CCO[C@H](CN(C)Cc2ccc(N3CCN(C)CC3)cc2)C1.CCC. The van der Waals surface area contributed by atoms with Crippen molar-refractivity contribution in [3.63, 3.8) is 0 Å². The summed E-state index contributed by atoms with van der Waals surface area (Å²) in [6.07, 6.45) is 1.51. The molecule has 0 aliphatic carbocycles. The fraction of sp³-hybridized carbons (Fsp3) is 0.704. The van der Waals surface area contributed by atoms with Crippen LogP contribution in [0.4, 0.5) is 5.69 Å². The van der Waals surface area contributed by atoms with Crippen molar-refractivity contribution >= 4 is 5.69 Å². The highest BCUT2D eigenvalue weighted by Gasteiger charge is 2.21. The Morgan fingerprint density at radius 3 is 2.34 bits per heavy atom. The van der Waals surface area contributed by atoms with Crippen LogP contribution in [0, 0.1) is 17.8 Å². The molecule has 0 N–H and O–H groups in total. The molecule has 3 rings (SSSR count). The zero-order valence-corrected chi connectivity index (χ0v) is 21.4. The molecule has 5 nitrogen and oxygen atoms in total. The molecule has 1 aromatic rings. The number of ether oxygens (including phenoxy) is 1.